The minimum absolute atomic E-state index is 0.0917. The highest BCUT2D eigenvalue weighted by molar-refractivity contribution is 7.92. The number of hydrogen-bond acceptors (Lipinski definition) is 4. The van der Waals surface area contributed by atoms with Crippen LogP contribution in [0.1, 0.15) is 5.56 Å². The van der Waals surface area contributed by atoms with Crippen LogP contribution in [0.2, 0.25) is 0 Å². The smallest absolute Gasteiger partial charge is 0.262 e. The Hall–Kier alpha value is -1.93. The van der Waals surface area contributed by atoms with Crippen molar-refractivity contribution in [2.75, 3.05) is 4.72 Å². The van der Waals surface area contributed by atoms with E-state index < -0.39 is 10.0 Å². The van der Waals surface area contributed by atoms with E-state index in [-0.39, 0.29) is 9.88 Å². The van der Waals surface area contributed by atoms with Gasteiger partial charge in [0, 0.05) is 11.8 Å². The van der Waals surface area contributed by atoms with Crippen LogP contribution in [0.5, 0.6) is 0 Å². The van der Waals surface area contributed by atoms with E-state index in [0.717, 1.165) is 0 Å². The fourth-order valence-electron chi connectivity index (χ4n) is 1.34. The highest BCUT2D eigenvalue weighted by Crippen LogP contribution is 2.15. The average molecular weight is 282 g/mol. The Morgan fingerprint density at radius 1 is 1.44 bits per heavy atom. The minimum Gasteiger partial charge on any atom is -0.389 e. The van der Waals surface area contributed by atoms with Crippen LogP contribution in [0.3, 0.4) is 0 Å². The first-order valence-corrected chi connectivity index (χ1v) is 6.79. The second-order valence-corrected chi connectivity index (χ2v) is 5.61. The zero-order valence-corrected chi connectivity index (χ0v) is 10.8. The quantitative estimate of drug-likeness (QED) is 0.722. The van der Waals surface area contributed by atoms with Crippen molar-refractivity contribution < 1.29 is 8.42 Å². The molecule has 0 aliphatic rings. The Morgan fingerprint density at radius 2 is 2.22 bits per heavy atom. The predicted molar refractivity (Wildman–Crippen MR) is 71.7 cm³/mol. The standard InChI is InChI=1S/C10H10N4O2S2/c11-10(17)7-2-1-3-9(4-7)18(15,16)14-8-5-12-13-6-8/h1-6,14H,(H2,11,17)(H,12,13). The predicted octanol–water partition coefficient (Wildman–Crippen LogP) is 0.845. The van der Waals surface area contributed by atoms with Gasteiger partial charge in [-0.1, -0.05) is 24.4 Å². The largest absolute Gasteiger partial charge is 0.389 e. The third-order valence-corrected chi connectivity index (χ3v) is 3.79. The summed E-state index contributed by atoms with van der Waals surface area (Å²) in [6.07, 6.45) is 2.81. The van der Waals surface area contributed by atoms with E-state index in [4.69, 9.17) is 18.0 Å². The highest BCUT2D eigenvalue weighted by Gasteiger charge is 2.15. The van der Waals surface area contributed by atoms with Gasteiger partial charge in [0.2, 0.25) is 0 Å². The molecule has 18 heavy (non-hydrogen) atoms. The highest BCUT2D eigenvalue weighted by atomic mass is 32.2. The van der Waals surface area contributed by atoms with Gasteiger partial charge in [0.15, 0.2) is 0 Å². The molecule has 0 spiro atoms. The first-order valence-electron chi connectivity index (χ1n) is 4.90. The molecule has 0 saturated heterocycles. The second-order valence-electron chi connectivity index (χ2n) is 3.48. The molecule has 1 heterocycles. The van der Waals surface area contributed by atoms with E-state index in [0.29, 0.717) is 11.3 Å². The number of rotatable bonds is 4. The molecule has 8 heteroatoms. The molecule has 94 valence electrons. The summed E-state index contributed by atoms with van der Waals surface area (Å²) in [5.74, 6) is 0. The Labute approximate surface area is 109 Å². The normalized spacial score (nSPS) is 11.1. The van der Waals surface area contributed by atoms with Gasteiger partial charge in [-0.05, 0) is 12.1 Å². The molecule has 6 nitrogen and oxygen atoms in total. The molecule has 0 saturated carbocycles. The van der Waals surface area contributed by atoms with Crippen LogP contribution in [-0.4, -0.2) is 23.6 Å². The molecule has 1 aromatic heterocycles. The monoisotopic (exact) mass is 282 g/mol. The van der Waals surface area contributed by atoms with Crippen molar-refractivity contribution in [1.82, 2.24) is 10.2 Å². The Kier molecular flexibility index (Phi) is 3.30. The van der Waals surface area contributed by atoms with Gasteiger partial charge in [-0.2, -0.15) is 5.10 Å². The van der Waals surface area contributed by atoms with E-state index in [1.54, 1.807) is 12.1 Å². The number of nitrogens with zero attached hydrogens (tertiary/aromatic N) is 1. The van der Waals surface area contributed by atoms with E-state index in [2.05, 4.69) is 14.9 Å². The van der Waals surface area contributed by atoms with Crippen molar-refractivity contribution >= 4 is 32.9 Å². The maximum absolute atomic E-state index is 12.0. The molecular weight excluding hydrogens is 272 g/mol. The Balaban J connectivity index is 2.35. The fourth-order valence-corrected chi connectivity index (χ4v) is 2.54. The van der Waals surface area contributed by atoms with Crippen LogP contribution >= 0.6 is 12.2 Å². The van der Waals surface area contributed by atoms with Gasteiger partial charge >= 0.3 is 0 Å². The summed E-state index contributed by atoms with van der Waals surface area (Å²) in [7, 11) is -3.66. The van der Waals surface area contributed by atoms with E-state index in [1.165, 1.54) is 24.5 Å². The summed E-state index contributed by atoms with van der Waals surface area (Å²) >= 11 is 4.81. The van der Waals surface area contributed by atoms with Gasteiger partial charge < -0.3 is 5.73 Å². The number of nitrogens with one attached hydrogen (secondary N) is 2. The maximum Gasteiger partial charge on any atom is 0.262 e. The number of thiocarbonyl (C=S) groups is 1. The van der Waals surface area contributed by atoms with Crippen molar-refractivity contribution in [1.29, 1.82) is 0 Å². The summed E-state index contributed by atoms with van der Waals surface area (Å²) in [4.78, 5) is 0.240. The molecular formula is C10H10N4O2S2. The number of nitrogens with two attached hydrogens (primary N) is 1. The second kappa shape index (κ2) is 4.75. The molecule has 0 aliphatic carbocycles. The molecule has 0 radical (unpaired) electrons. The lowest BCUT2D eigenvalue weighted by Gasteiger charge is -2.07. The average Bonchev–Trinajstić information content (AvgIpc) is 2.81. The topological polar surface area (TPSA) is 101 Å². The number of anilines is 1. The van der Waals surface area contributed by atoms with Crippen molar-refractivity contribution in [3.05, 3.63) is 42.2 Å². The van der Waals surface area contributed by atoms with Crippen LogP contribution in [0.15, 0.2) is 41.6 Å². The van der Waals surface area contributed by atoms with Crippen LogP contribution in [0.25, 0.3) is 0 Å². The maximum atomic E-state index is 12.0. The Morgan fingerprint density at radius 3 is 2.83 bits per heavy atom. The third kappa shape index (κ3) is 2.66. The van der Waals surface area contributed by atoms with E-state index in [9.17, 15) is 8.42 Å². The molecule has 2 aromatic rings. The minimum atomic E-state index is -3.66. The molecule has 0 fully saturated rings. The van der Waals surface area contributed by atoms with Gasteiger partial charge in [-0.25, -0.2) is 8.42 Å². The third-order valence-electron chi connectivity index (χ3n) is 2.18. The summed E-state index contributed by atoms with van der Waals surface area (Å²) < 4.78 is 26.5. The lowest BCUT2D eigenvalue weighted by atomic mass is 10.2. The van der Waals surface area contributed by atoms with Crippen molar-refractivity contribution in [2.24, 2.45) is 5.73 Å². The molecule has 0 unspecified atom stereocenters. The molecule has 4 N–H and O–H groups in total. The number of H-pyrrole nitrogens is 1. The Bertz CT molecular complexity index is 665. The van der Waals surface area contributed by atoms with E-state index >= 15 is 0 Å². The van der Waals surface area contributed by atoms with Crippen molar-refractivity contribution in [2.45, 2.75) is 4.90 Å². The van der Waals surface area contributed by atoms with Crippen LogP contribution in [-0.2, 0) is 10.0 Å². The summed E-state index contributed by atoms with van der Waals surface area (Å²) in [6, 6.07) is 6.12. The number of sulfonamides is 1. The lowest BCUT2D eigenvalue weighted by Crippen LogP contribution is -2.15. The van der Waals surface area contributed by atoms with E-state index in [1.807, 2.05) is 0 Å². The number of aromatic nitrogens is 2. The number of aromatic amines is 1. The zero-order valence-electron chi connectivity index (χ0n) is 9.12. The molecule has 0 atom stereocenters. The van der Waals surface area contributed by atoms with Crippen LogP contribution in [0, 0.1) is 0 Å². The molecule has 0 amide bonds. The van der Waals surface area contributed by atoms with Crippen LogP contribution < -0.4 is 10.5 Å². The van der Waals surface area contributed by atoms with Gasteiger partial charge in [0.05, 0.1) is 16.8 Å². The zero-order chi connectivity index (χ0) is 13.2. The molecule has 2 rings (SSSR count). The SMILES string of the molecule is NC(=S)c1cccc(S(=O)(=O)Nc2cn[nH]c2)c1. The van der Waals surface area contributed by atoms with Gasteiger partial charge in [-0.3, -0.25) is 9.82 Å². The first kappa shape index (κ1) is 12.5. The first-order chi connectivity index (χ1) is 8.49. The lowest BCUT2D eigenvalue weighted by molar-refractivity contribution is 0.601. The van der Waals surface area contributed by atoms with Gasteiger partial charge in [-0.15, -0.1) is 0 Å². The summed E-state index contributed by atoms with van der Waals surface area (Å²) in [5.41, 5.74) is 6.32. The molecule has 0 aliphatic heterocycles. The summed E-state index contributed by atoms with van der Waals surface area (Å²) in [5, 5.41) is 6.17. The van der Waals surface area contributed by atoms with Crippen molar-refractivity contribution in [3.8, 4) is 0 Å². The van der Waals surface area contributed by atoms with Gasteiger partial charge in [0.1, 0.15) is 4.99 Å². The molecule has 0 bridgehead atoms. The fraction of sp³-hybridized carbons (Fsp3) is 0. The summed E-state index contributed by atoms with van der Waals surface area (Å²) in [6.45, 7) is 0. The van der Waals surface area contributed by atoms with Gasteiger partial charge in [0.25, 0.3) is 10.0 Å². The molecule has 1 aromatic carbocycles. The number of hydrogen-bond donors (Lipinski definition) is 3. The van der Waals surface area contributed by atoms with Crippen LogP contribution in [0.4, 0.5) is 5.69 Å². The number of benzene rings is 1. The van der Waals surface area contributed by atoms with Crippen molar-refractivity contribution in [3.63, 3.8) is 0 Å².